The quantitative estimate of drug-likeness (QED) is 0.375. The van der Waals surface area contributed by atoms with Crippen LogP contribution >= 0.6 is 0 Å². The van der Waals surface area contributed by atoms with Crippen LogP contribution in [0.3, 0.4) is 0 Å². The van der Waals surface area contributed by atoms with E-state index < -0.39 is 22.6 Å². The highest BCUT2D eigenvalue weighted by Crippen LogP contribution is 2.17. The zero-order chi connectivity index (χ0) is 20.8. The molecule has 2 N–H and O–H groups in total. The van der Waals surface area contributed by atoms with Gasteiger partial charge in [0.15, 0.2) is 5.76 Å². The third-order valence-electron chi connectivity index (χ3n) is 3.75. The average molecular weight is 395 g/mol. The zero-order valence-corrected chi connectivity index (χ0v) is 14.8. The van der Waals surface area contributed by atoms with Crippen molar-refractivity contribution in [1.29, 1.82) is 0 Å². The summed E-state index contributed by atoms with van der Waals surface area (Å²) in [6.45, 7) is 0. The predicted octanol–water partition coefficient (Wildman–Crippen LogP) is 3.74. The molecule has 0 fully saturated rings. The Morgan fingerprint density at radius 3 is 2.31 bits per heavy atom. The number of hydrogen-bond acceptors (Lipinski definition) is 5. The van der Waals surface area contributed by atoms with Gasteiger partial charge >= 0.3 is 0 Å². The summed E-state index contributed by atoms with van der Waals surface area (Å²) in [5.41, 5.74) is 0.505. The molecule has 8 nitrogen and oxygen atoms in total. The Morgan fingerprint density at radius 2 is 1.72 bits per heavy atom. The molecule has 0 atom stereocenters. The summed E-state index contributed by atoms with van der Waals surface area (Å²) in [5, 5.41) is 15.7. The molecule has 0 aliphatic heterocycles. The maximum atomic E-state index is 13.1. The molecule has 0 saturated heterocycles. The monoisotopic (exact) mass is 395 g/mol. The van der Waals surface area contributed by atoms with Crippen LogP contribution in [0.5, 0.6) is 0 Å². The molecule has 0 radical (unpaired) electrons. The molecule has 1 aromatic heterocycles. The van der Waals surface area contributed by atoms with Crippen molar-refractivity contribution in [2.45, 2.75) is 0 Å². The van der Waals surface area contributed by atoms with Crippen molar-refractivity contribution in [3.05, 3.63) is 99.9 Å². The summed E-state index contributed by atoms with van der Waals surface area (Å²) in [7, 11) is 0. The van der Waals surface area contributed by atoms with Crippen LogP contribution < -0.4 is 10.6 Å². The van der Waals surface area contributed by atoms with Crippen LogP contribution in [0, 0.1) is 15.9 Å². The topological polar surface area (TPSA) is 114 Å². The van der Waals surface area contributed by atoms with Gasteiger partial charge in [0.1, 0.15) is 11.5 Å². The van der Waals surface area contributed by atoms with Crippen molar-refractivity contribution >= 4 is 29.3 Å². The number of carbonyl (C=O) groups excluding carboxylic acids is 2. The van der Waals surface area contributed by atoms with Crippen LogP contribution in [0.1, 0.15) is 16.1 Å². The first-order valence-corrected chi connectivity index (χ1v) is 8.30. The lowest BCUT2D eigenvalue weighted by atomic mass is 10.1. The number of furan rings is 1. The summed E-state index contributed by atoms with van der Waals surface area (Å²) in [4.78, 5) is 35.1. The lowest BCUT2D eigenvalue weighted by Gasteiger charge is -2.10. The van der Waals surface area contributed by atoms with Gasteiger partial charge in [-0.25, -0.2) is 4.39 Å². The van der Waals surface area contributed by atoms with Crippen LogP contribution in [0.25, 0.3) is 6.08 Å². The number of rotatable bonds is 6. The van der Waals surface area contributed by atoms with E-state index in [1.807, 2.05) is 0 Å². The smallest absolute Gasteiger partial charge is 0.291 e. The molecule has 0 aliphatic carbocycles. The summed E-state index contributed by atoms with van der Waals surface area (Å²) < 4.78 is 18.1. The van der Waals surface area contributed by atoms with Gasteiger partial charge in [0.25, 0.3) is 17.5 Å². The molecule has 3 rings (SSSR count). The first-order valence-electron chi connectivity index (χ1n) is 8.30. The number of carbonyl (C=O) groups is 2. The number of benzene rings is 2. The first-order chi connectivity index (χ1) is 13.9. The minimum absolute atomic E-state index is 0.00172. The number of nitro benzene ring substituents is 1. The Kier molecular flexibility index (Phi) is 5.79. The number of hydrogen-bond donors (Lipinski definition) is 2. The minimum Gasteiger partial charge on any atom is -0.459 e. The van der Waals surface area contributed by atoms with Gasteiger partial charge in [0, 0.05) is 17.8 Å². The van der Waals surface area contributed by atoms with Crippen molar-refractivity contribution in [1.82, 2.24) is 5.32 Å². The Hall–Kier alpha value is -4.27. The molecule has 0 unspecified atom stereocenters. The zero-order valence-electron chi connectivity index (χ0n) is 14.8. The van der Waals surface area contributed by atoms with Crippen molar-refractivity contribution in [3.63, 3.8) is 0 Å². The van der Waals surface area contributed by atoms with Crippen LogP contribution in [0.2, 0.25) is 0 Å². The molecule has 9 heteroatoms. The van der Waals surface area contributed by atoms with Gasteiger partial charge in [-0.2, -0.15) is 0 Å². The van der Waals surface area contributed by atoms with Crippen molar-refractivity contribution in [2.75, 3.05) is 5.32 Å². The van der Waals surface area contributed by atoms with Crippen LogP contribution in [-0.2, 0) is 4.79 Å². The average Bonchev–Trinajstić information content (AvgIpc) is 3.24. The second-order valence-corrected chi connectivity index (χ2v) is 5.80. The highest BCUT2D eigenvalue weighted by atomic mass is 19.1. The first kappa shape index (κ1) is 19.5. The normalized spacial score (nSPS) is 11.0. The van der Waals surface area contributed by atoms with E-state index in [2.05, 4.69) is 10.6 Å². The maximum absolute atomic E-state index is 13.1. The van der Waals surface area contributed by atoms with E-state index in [1.165, 1.54) is 73.0 Å². The fraction of sp³-hybridized carbons (Fsp3) is 0. The van der Waals surface area contributed by atoms with E-state index >= 15 is 0 Å². The largest absolute Gasteiger partial charge is 0.459 e. The highest BCUT2D eigenvalue weighted by Gasteiger charge is 2.17. The van der Waals surface area contributed by atoms with Crippen LogP contribution in [-0.4, -0.2) is 16.7 Å². The molecule has 2 amide bonds. The van der Waals surface area contributed by atoms with Crippen LogP contribution in [0.4, 0.5) is 15.8 Å². The molecule has 2 aromatic carbocycles. The number of halogens is 1. The number of nitrogens with zero attached hydrogens (tertiary/aromatic N) is 1. The van der Waals surface area contributed by atoms with Crippen molar-refractivity contribution < 1.29 is 23.3 Å². The van der Waals surface area contributed by atoms with Gasteiger partial charge in [-0.15, -0.1) is 0 Å². The van der Waals surface area contributed by atoms with E-state index in [1.54, 1.807) is 0 Å². The van der Waals surface area contributed by atoms with E-state index in [-0.39, 0.29) is 22.8 Å². The molecule has 0 aliphatic rings. The Bertz CT molecular complexity index is 1060. The second kappa shape index (κ2) is 8.61. The lowest BCUT2D eigenvalue weighted by Crippen LogP contribution is -2.30. The van der Waals surface area contributed by atoms with Gasteiger partial charge in [-0.3, -0.25) is 19.7 Å². The summed E-state index contributed by atoms with van der Waals surface area (Å²) >= 11 is 0. The molecule has 3 aromatic rings. The SMILES string of the molecule is O=C(Nc1ccc([N+](=O)[O-])cc1)/C(=C\c1ccc(F)cc1)NC(=O)c1ccco1. The molecular weight excluding hydrogens is 381 g/mol. The van der Waals surface area contributed by atoms with Crippen molar-refractivity contribution in [2.24, 2.45) is 0 Å². The molecule has 1 heterocycles. The standard InChI is InChI=1S/C20H14FN3O5/c21-14-5-3-13(4-6-14)12-17(23-20(26)18-2-1-11-29-18)19(25)22-15-7-9-16(10-8-15)24(27)28/h1-12H,(H,22,25)(H,23,26)/b17-12+. The lowest BCUT2D eigenvalue weighted by molar-refractivity contribution is -0.384. The number of nitro groups is 1. The third-order valence-corrected chi connectivity index (χ3v) is 3.75. The molecule has 146 valence electrons. The molecule has 0 saturated carbocycles. The molecule has 29 heavy (non-hydrogen) atoms. The minimum atomic E-state index is -0.678. The summed E-state index contributed by atoms with van der Waals surface area (Å²) in [6.07, 6.45) is 2.68. The van der Waals surface area contributed by atoms with Gasteiger partial charge in [-0.05, 0) is 48.0 Å². The Balaban J connectivity index is 1.84. The summed E-state index contributed by atoms with van der Waals surface area (Å²) in [5.74, 6) is -1.78. The third kappa shape index (κ3) is 5.13. The molecule has 0 bridgehead atoms. The number of non-ortho nitro benzene ring substituents is 1. The second-order valence-electron chi connectivity index (χ2n) is 5.80. The predicted molar refractivity (Wildman–Crippen MR) is 102 cm³/mol. The number of nitrogens with one attached hydrogen (secondary N) is 2. The molecule has 0 spiro atoms. The van der Waals surface area contributed by atoms with Crippen molar-refractivity contribution in [3.8, 4) is 0 Å². The fourth-order valence-corrected chi connectivity index (χ4v) is 2.34. The van der Waals surface area contributed by atoms with E-state index in [0.717, 1.165) is 0 Å². The van der Waals surface area contributed by atoms with E-state index in [0.29, 0.717) is 5.56 Å². The van der Waals surface area contributed by atoms with Gasteiger partial charge in [0.05, 0.1) is 11.2 Å². The maximum Gasteiger partial charge on any atom is 0.291 e. The van der Waals surface area contributed by atoms with E-state index in [9.17, 15) is 24.1 Å². The number of amides is 2. The Morgan fingerprint density at radius 1 is 1.03 bits per heavy atom. The Labute approximate surface area is 163 Å². The molecular formula is C20H14FN3O5. The highest BCUT2D eigenvalue weighted by molar-refractivity contribution is 6.10. The van der Waals surface area contributed by atoms with Gasteiger partial charge in [-0.1, -0.05) is 12.1 Å². The van der Waals surface area contributed by atoms with Gasteiger partial charge < -0.3 is 15.1 Å². The summed E-state index contributed by atoms with van der Waals surface area (Å²) in [6, 6.07) is 13.5. The van der Waals surface area contributed by atoms with Gasteiger partial charge in [0.2, 0.25) is 0 Å². The number of anilines is 1. The van der Waals surface area contributed by atoms with Crippen LogP contribution in [0.15, 0.2) is 77.0 Å². The van der Waals surface area contributed by atoms with E-state index in [4.69, 9.17) is 4.42 Å². The fourth-order valence-electron chi connectivity index (χ4n) is 2.34.